The minimum absolute atomic E-state index is 0.440. The number of hydrogen-bond acceptors (Lipinski definition) is 4. The Morgan fingerprint density at radius 2 is 1.57 bits per heavy atom. The molecule has 0 fully saturated rings. The van der Waals surface area contributed by atoms with Crippen molar-refractivity contribution >= 4 is 38.7 Å². The fraction of sp³-hybridized carbons (Fsp3) is 0.765. The van der Waals surface area contributed by atoms with Crippen molar-refractivity contribution in [2.45, 2.75) is 79.5 Å². The first-order valence-corrected chi connectivity index (χ1v) is 17.2. The zero-order valence-electron chi connectivity index (χ0n) is 15.1. The van der Waals surface area contributed by atoms with Crippen LogP contribution in [0.25, 0.3) is 0 Å². The number of hydrogen-bond donors (Lipinski definition) is 1. The first-order valence-electron chi connectivity index (χ1n) is 8.94. The second-order valence-electron chi connectivity index (χ2n) is 6.41. The van der Waals surface area contributed by atoms with E-state index in [1.54, 1.807) is 11.3 Å². The first-order chi connectivity index (χ1) is 11.0. The van der Waals surface area contributed by atoms with Crippen LogP contribution in [0.1, 0.15) is 65.0 Å². The summed E-state index contributed by atoms with van der Waals surface area (Å²) in [6.45, 7) is 8.90. The van der Waals surface area contributed by atoms with Gasteiger partial charge in [-0.1, -0.05) is 0 Å². The number of amides is 1. The predicted molar refractivity (Wildman–Crippen MR) is 102 cm³/mol. The number of carbonyl (C=O) groups excluding carboxylic acids is 1. The molecule has 0 aliphatic heterocycles. The van der Waals surface area contributed by atoms with Crippen molar-refractivity contribution in [1.29, 1.82) is 0 Å². The Kier molecular flexibility index (Phi) is 9.51. The van der Waals surface area contributed by atoms with Crippen molar-refractivity contribution in [2.24, 2.45) is 5.73 Å². The third-order valence-corrected chi connectivity index (χ3v) is 24.1. The number of nitrogens with two attached hydrogens (primary N) is 1. The van der Waals surface area contributed by atoms with Gasteiger partial charge in [-0.15, -0.1) is 0 Å². The molecule has 0 aliphatic carbocycles. The van der Waals surface area contributed by atoms with Crippen LogP contribution in [-0.2, 0) is 0 Å². The molecule has 4 nitrogen and oxygen atoms in total. The van der Waals surface area contributed by atoms with Crippen LogP contribution >= 0.6 is 11.3 Å². The van der Waals surface area contributed by atoms with E-state index in [0.29, 0.717) is 5.19 Å². The molecule has 1 rings (SSSR count). The van der Waals surface area contributed by atoms with Crippen molar-refractivity contribution < 1.29 is 9.53 Å². The molecule has 0 radical (unpaired) electrons. The number of carbonyl (C=O) groups is 1. The van der Waals surface area contributed by atoms with Crippen LogP contribution in [0.3, 0.4) is 0 Å². The monoisotopic (exact) mass is 448 g/mol. The van der Waals surface area contributed by atoms with E-state index in [2.05, 4.69) is 32.7 Å². The summed E-state index contributed by atoms with van der Waals surface area (Å²) in [6, 6.07) is 0. The van der Waals surface area contributed by atoms with Gasteiger partial charge in [0, 0.05) is 0 Å². The Morgan fingerprint density at radius 1 is 1.09 bits per heavy atom. The van der Waals surface area contributed by atoms with Gasteiger partial charge in [0.1, 0.15) is 0 Å². The summed E-state index contributed by atoms with van der Waals surface area (Å²) in [5.41, 5.74) is 6.24. The second kappa shape index (κ2) is 10.5. The number of ether oxygens (including phenoxy) is 1. The van der Waals surface area contributed by atoms with Crippen LogP contribution in [0.4, 0.5) is 4.79 Å². The van der Waals surface area contributed by atoms with E-state index in [4.69, 9.17) is 10.5 Å². The van der Waals surface area contributed by atoms with Crippen molar-refractivity contribution in [3.05, 3.63) is 5.69 Å². The molecule has 6 heteroatoms. The average Bonchev–Trinajstić information content (AvgIpc) is 2.87. The van der Waals surface area contributed by atoms with Gasteiger partial charge in [0.15, 0.2) is 0 Å². The van der Waals surface area contributed by atoms with E-state index in [-0.39, 0.29) is 0 Å². The fourth-order valence-corrected chi connectivity index (χ4v) is 24.1. The number of thiazole rings is 1. The summed E-state index contributed by atoms with van der Waals surface area (Å²) in [7, 11) is 0. The molecule has 0 atom stereocenters. The molecule has 0 aliphatic rings. The molecule has 1 heterocycles. The minimum atomic E-state index is -2.48. The fourth-order valence-electron chi connectivity index (χ4n) is 3.25. The summed E-state index contributed by atoms with van der Waals surface area (Å²) in [5, 5.41) is 0.440. The number of aromatic nitrogens is 1. The van der Waals surface area contributed by atoms with Crippen LogP contribution < -0.4 is 13.4 Å². The molecular formula is C17H32N2O2SSn. The Balaban J connectivity index is 3.17. The molecule has 132 valence electrons. The molecule has 0 spiro atoms. The third-order valence-electron chi connectivity index (χ3n) is 4.47. The first kappa shape index (κ1) is 20.7. The molecule has 0 bridgehead atoms. The summed E-state index contributed by atoms with van der Waals surface area (Å²) >= 11 is -0.879. The van der Waals surface area contributed by atoms with Crippen molar-refractivity contribution in [3.8, 4) is 5.19 Å². The molecule has 23 heavy (non-hydrogen) atoms. The summed E-state index contributed by atoms with van der Waals surface area (Å²) in [4.78, 5) is 15.5. The predicted octanol–water partition coefficient (Wildman–Crippen LogP) is 4.97. The average molecular weight is 447 g/mol. The van der Waals surface area contributed by atoms with Gasteiger partial charge < -0.3 is 0 Å². The number of unbranched alkanes of at least 4 members (excludes halogenated alkanes) is 3. The number of rotatable bonds is 11. The zero-order valence-corrected chi connectivity index (χ0v) is 18.8. The van der Waals surface area contributed by atoms with Gasteiger partial charge in [0.05, 0.1) is 0 Å². The SMILES string of the molecule is CCC[CH2][Sn]([CH2]CCC)([CH2]CCC)[c]1sc(OC(N)=O)nc1C. The van der Waals surface area contributed by atoms with E-state index in [0.717, 1.165) is 5.69 Å². The van der Waals surface area contributed by atoms with E-state index < -0.39 is 24.5 Å². The van der Waals surface area contributed by atoms with Crippen LogP contribution in [0.15, 0.2) is 0 Å². The van der Waals surface area contributed by atoms with Crippen LogP contribution in [0, 0.1) is 6.92 Å². The number of aryl methyl sites for hydroxylation is 1. The number of nitrogens with zero attached hydrogens (tertiary/aromatic N) is 1. The van der Waals surface area contributed by atoms with Crippen molar-refractivity contribution in [1.82, 2.24) is 4.98 Å². The molecule has 1 aromatic rings. The molecule has 2 N–H and O–H groups in total. The summed E-state index contributed by atoms with van der Waals surface area (Å²) < 4.78 is 10.7. The molecule has 0 unspecified atom stereocenters. The molecule has 0 aromatic carbocycles. The summed E-state index contributed by atoms with van der Waals surface area (Å²) in [6.07, 6.45) is 6.92. The van der Waals surface area contributed by atoms with E-state index >= 15 is 0 Å². The van der Waals surface area contributed by atoms with Crippen LogP contribution in [0.5, 0.6) is 5.19 Å². The standard InChI is InChI=1S/C5H5N2O2S.3C4H9.Sn/c1-3-2-10-5(7-3)9-4(6)8;3*1-3-4-2;/h1H3,(H2,6,8);3*1,3-4H2,2H3;. The Morgan fingerprint density at radius 3 is 1.96 bits per heavy atom. The van der Waals surface area contributed by atoms with Gasteiger partial charge in [-0.2, -0.15) is 0 Å². The maximum atomic E-state index is 11.0. The molecule has 0 saturated heterocycles. The van der Waals surface area contributed by atoms with Gasteiger partial charge >= 0.3 is 149 Å². The topological polar surface area (TPSA) is 65.2 Å². The molecular weight excluding hydrogens is 415 g/mol. The number of primary amides is 1. The normalized spacial score (nSPS) is 11.7. The van der Waals surface area contributed by atoms with Gasteiger partial charge in [0.25, 0.3) is 0 Å². The Labute approximate surface area is 149 Å². The summed E-state index contributed by atoms with van der Waals surface area (Å²) in [5.74, 6) is 0. The molecule has 1 aromatic heterocycles. The zero-order chi connectivity index (χ0) is 17.3. The second-order valence-corrected chi connectivity index (χ2v) is 21.4. The van der Waals surface area contributed by atoms with Gasteiger partial charge in [0.2, 0.25) is 0 Å². The quantitative estimate of drug-likeness (QED) is 0.488. The maximum absolute atomic E-state index is 11.0. The van der Waals surface area contributed by atoms with E-state index in [1.807, 2.05) is 0 Å². The Bertz CT molecular complexity index is 469. The van der Waals surface area contributed by atoms with E-state index in [1.165, 1.54) is 54.7 Å². The van der Waals surface area contributed by atoms with E-state index in [9.17, 15) is 4.79 Å². The van der Waals surface area contributed by atoms with Gasteiger partial charge in [-0.3, -0.25) is 0 Å². The molecule has 1 amide bonds. The van der Waals surface area contributed by atoms with Gasteiger partial charge in [-0.05, 0) is 0 Å². The van der Waals surface area contributed by atoms with Crippen LogP contribution in [-0.4, -0.2) is 29.5 Å². The third kappa shape index (κ3) is 6.25. The van der Waals surface area contributed by atoms with Crippen LogP contribution in [0.2, 0.25) is 13.3 Å². The van der Waals surface area contributed by atoms with Gasteiger partial charge in [-0.25, -0.2) is 0 Å². The Hall–Kier alpha value is -0.301. The molecule has 0 saturated carbocycles. The van der Waals surface area contributed by atoms with Crippen molar-refractivity contribution in [2.75, 3.05) is 0 Å². The van der Waals surface area contributed by atoms with Crippen molar-refractivity contribution in [3.63, 3.8) is 0 Å².